The van der Waals surface area contributed by atoms with Gasteiger partial charge in [-0.2, -0.15) is 0 Å². The van der Waals surface area contributed by atoms with Gasteiger partial charge in [0.15, 0.2) is 0 Å². The van der Waals surface area contributed by atoms with Crippen LogP contribution in [0.25, 0.3) is 0 Å². The first-order valence-corrected chi connectivity index (χ1v) is 7.12. The summed E-state index contributed by atoms with van der Waals surface area (Å²) in [5.74, 6) is 0. The van der Waals surface area contributed by atoms with Crippen molar-refractivity contribution in [1.29, 1.82) is 0 Å². The summed E-state index contributed by atoms with van der Waals surface area (Å²) in [6.07, 6.45) is 2.60. The molecule has 4 nitrogen and oxygen atoms in total. The average Bonchev–Trinajstić information content (AvgIpc) is 2.76. The van der Waals surface area contributed by atoms with Crippen molar-refractivity contribution in [3.05, 3.63) is 0 Å². The smallest absolute Gasteiger partial charge is 0.0207 e. The van der Waals surface area contributed by atoms with Gasteiger partial charge in [0, 0.05) is 44.8 Å². The van der Waals surface area contributed by atoms with Gasteiger partial charge in [0.05, 0.1) is 0 Å². The van der Waals surface area contributed by atoms with E-state index in [1.54, 1.807) is 0 Å². The molecule has 0 aliphatic carbocycles. The number of likely N-dealkylation sites (N-methyl/N-ethyl adjacent to an activating group) is 1. The molecule has 0 radical (unpaired) electrons. The first kappa shape index (κ1) is 13.3. The minimum Gasteiger partial charge on any atom is -0.314 e. The van der Waals surface area contributed by atoms with E-state index in [0.717, 1.165) is 25.2 Å². The van der Waals surface area contributed by atoms with Gasteiger partial charge in [-0.15, -0.1) is 0 Å². The molecule has 17 heavy (non-hydrogen) atoms. The largest absolute Gasteiger partial charge is 0.314 e. The zero-order chi connectivity index (χ0) is 12.1. The Morgan fingerprint density at radius 2 is 2.06 bits per heavy atom. The Morgan fingerprint density at radius 3 is 2.71 bits per heavy atom. The third-order valence-corrected chi connectivity index (χ3v) is 4.16. The van der Waals surface area contributed by atoms with Gasteiger partial charge < -0.3 is 15.5 Å². The van der Waals surface area contributed by atoms with Crippen molar-refractivity contribution in [2.45, 2.75) is 31.8 Å². The van der Waals surface area contributed by atoms with E-state index < -0.39 is 0 Å². The lowest BCUT2D eigenvalue weighted by Crippen LogP contribution is -2.48. The van der Waals surface area contributed by atoms with Crippen LogP contribution < -0.4 is 10.6 Å². The zero-order valence-electron chi connectivity index (χ0n) is 11.4. The van der Waals surface area contributed by atoms with Crippen LogP contribution in [0.2, 0.25) is 0 Å². The molecule has 0 amide bonds. The summed E-state index contributed by atoms with van der Waals surface area (Å²) in [7, 11) is 2.21. The molecule has 0 bridgehead atoms. The van der Waals surface area contributed by atoms with Crippen molar-refractivity contribution in [1.82, 2.24) is 20.4 Å². The lowest BCUT2D eigenvalue weighted by Gasteiger charge is -2.33. The molecular formula is C13H28N4. The Labute approximate surface area is 106 Å². The van der Waals surface area contributed by atoms with Crippen LogP contribution in [0.5, 0.6) is 0 Å². The number of piperazine rings is 1. The molecule has 2 N–H and O–H groups in total. The second-order valence-corrected chi connectivity index (χ2v) is 5.63. The van der Waals surface area contributed by atoms with E-state index in [2.05, 4.69) is 34.4 Å². The van der Waals surface area contributed by atoms with Gasteiger partial charge in [0.2, 0.25) is 0 Å². The van der Waals surface area contributed by atoms with Gasteiger partial charge in [-0.1, -0.05) is 0 Å². The summed E-state index contributed by atoms with van der Waals surface area (Å²) < 4.78 is 0. The van der Waals surface area contributed by atoms with Crippen LogP contribution in [0, 0.1) is 0 Å². The standard InChI is InChI=1S/C13H28N4/c1-12(17-9-6-14-7-10-17)3-5-15-13-4-8-16(2)11-13/h12-15H,3-11H2,1-2H3. The second kappa shape index (κ2) is 6.69. The molecule has 4 heteroatoms. The summed E-state index contributed by atoms with van der Waals surface area (Å²) in [6.45, 7) is 10.8. The summed E-state index contributed by atoms with van der Waals surface area (Å²) >= 11 is 0. The molecule has 0 spiro atoms. The first-order valence-electron chi connectivity index (χ1n) is 7.12. The van der Waals surface area contributed by atoms with Gasteiger partial charge in [-0.25, -0.2) is 0 Å². The monoisotopic (exact) mass is 240 g/mol. The van der Waals surface area contributed by atoms with Crippen LogP contribution in [-0.2, 0) is 0 Å². The highest BCUT2D eigenvalue weighted by Crippen LogP contribution is 2.08. The maximum Gasteiger partial charge on any atom is 0.0207 e. The van der Waals surface area contributed by atoms with Crippen molar-refractivity contribution >= 4 is 0 Å². The predicted octanol–water partition coefficient (Wildman–Crippen LogP) is -0.0361. The Balaban J connectivity index is 1.57. The molecule has 2 unspecified atom stereocenters. The van der Waals surface area contributed by atoms with E-state index in [-0.39, 0.29) is 0 Å². The third kappa shape index (κ3) is 4.21. The summed E-state index contributed by atoms with van der Waals surface area (Å²) in [5.41, 5.74) is 0. The lowest BCUT2D eigenvalue weighted by molar-refractivity contribution is 0.175. The van der Waals surface area contributed by atoms with Crippen molar-refractivity contribution < 1.29 is 0 Å². The Kier molecular flexibility index (Phi) is 5.22. The summed E-state index contributed by atoms with van der Waals surface area (Å²) in [6, 6.07) is 1.46. The van der Waals surface area contributed by atoms with Crippen LogP contribution in [0.4, 0.5) is 0 Å². The average molecular weight is 240 g/mol. The Hall–Kier alpha value is -0.160. The normalized spacial score (nSPS) is 29.6. The molecule has 0 aromatic carbocycles. The van der Waals surface area contributed by atoms with Gasteiger partial charge in [-0.3, -0.25) is 4.90 Å². The second-order valence-electron chi connectivity index (χ2n) is 5.63. The highest BCUT2D eigenvalue weighted by Gasteiger charge is 2.20. The fourth-order valence-electron chi connectivity index (χ4n) is 2.90. The van der Waals surface area contributed by atoms with E-state index >= 15 is 0 Å². The van der Waals surface area contributed by atoms with Gasteiger partial charge in [0.1, 0.15) is 0 Å². The fraction of sp³-hybridized carbons (Fsp3) is 1.00. The number of rotatable bonds is 5. The van der Waals surface area contributed by atoms with Gasteiger partial charge in [-0.05, 0) is 39.9 Å². The van der Waals surface area contributed by atoms with Gasteiger partial charge in [0.25, 0.3) is 0 Å². The molecular weight excluding hydrogens is 212 g/mol. The topological polar surface area (TPSA) is 30.5 Å². The van der Waals surface area contributed by atoms with Crippen molar-refractivity contribution in [3.63, 3.8) is 0 Å². The molecule has 2 atom stereocenters. The molecule has 100 valence electrons. The van der Waals surface area contributed by atoms with Crippen LogP contribution >= 0.6 is 0 Å². The molecule has 2 aliphatic rings. The van der Waals surface area contributed by atoms with E-state index in [0.29, 0.717) is 0 Å². The van der Waals surface area contributed by atoms with Gasteiger partial charge >= 0.3 is 0 Å². The third-order valence-electron chi connectivity index (χ3n) is 4.16. The van der Waals surface area contributed by atoms with Crippen LogP contribution in [-0.4, -0.2) is 74.7 Å². The fourth-order valence-corrected chi connectivity index (χ4v) is 2.90. The molecule has 2 heterocycles. The van der Waals surface area contributed by atoms with Crippen LogP contribution in [0.15, 0.2) is 0 Å². The molecule has 0 aromatic rings. The molecule has 2 saturated heterocycles. The number of nitrogens with zero attached hydrogens (tertiary/aromatic N) is 2. The Bertz CT molecular complexity index is 215. The maximum atomic E-state index is 3.70. The minimum atomic E-state index is 0.726. The highest BCUT2D eigenvalue weighted by atomic mass is 15.2. The van der Waals surface area contributed by atoms with Crippen molar-refractivity contribution in [2.75, 3.05) is 52.9 Å². The van der Waals surface area contributed by atoms with E-state index in [9.17, 15) is 0 Å². The predicted molar refractivity (Wildman–Crippen MR) is 72.4 cm³/mol. The van der Waals surface area contributed by atoms with E-state index in [1.165, 1.54) is 45.6 Å². The number of hydrogen-bond donors (Lipinski definition) is 2. The van der Waals surface area contributed by atoms with E-state index in [1.807, 2.05) is 0 Å². The summed E-state index contributed by atoms with van der Waals surface area (Å²) in [5, 5.41) is 7.11. The Morgan fingerprint density at radius 1 is 1.29 bits per heavy atom. The zero-order valence-corrected chi connectivity index (χ0v) is 11.4. The van der Waals surface area contributed by atoms with Crippen molar-refractivity contribution in [2.24, 2.45) is 0 Å². The molecule has 2 fully saturated rings. The van der Waals surface area contributed by atoms with Crippen LogP contribution in [0.1, 0.15) is 19.8 Å². The molecule has 2 aliphatic heterocycles. The number of hydrogen-bond acceptors (Lipinski definition) is 4. The quantitative estimate of drug-likeness (QED) is 0.706. The maximum absolute atomic E-state index is 3.70. The molecule has 0 aromatic heterocycles. The summed E-state index contributed by atoms with van der Waals surface area (Å²) in [4.78, 5) is 5.02. The van der Waals surface area contributed by atoms with E-state index in [4.69, 9.17) is 0 Å². The number of likely N-dealkylation sites (tertiary alicyclic amines) is 1. The SMILES string of the molecule is CC(CCNC1CCN(C)C1)N1CCNCC1. The number of nitrogens with one attached hydrogen (secondary N) is 2. The van der Waals surface area contributed by atoms with Crippen LogP contribution in [0.3, 0.4) is 0 Å². The highest BCUT2D eigenvalue weighted by molar-refractivity contribution is 4.80. The minimum absolute atomic E-state index is 0.726. The molecule has 2 rings (SSSR count). The van der Waals surface area contributed by atoms with Crippen molar-refractivity contribution in [3.8, 4) is 0 Å². The first-order chi connectivity index (χ1) is 8.25. The molecule has 0 saturated carbocycles. The lowest BCUT2D eigenvalue weighted by atomic mass is 10.1.